The van der Waals surface area contributed by atoms with Gasteiger partial charge in [0.1, 0.15) is 27.6 Å². The fourth-order valence-electron chi connectivity index (χ4n) is 4.19. The molecule has 0 aromatic heterocycles. The average Bonchev–Trinajstić information content (AvgIpc) is 3.49. The Hall–Kier alpha value is -3.76. The maximum atomic E-state index is 14.6. The second kappa shape index (κ2) is 11.9. The number of alkyl halides is 8. The van der Waals surface area contributed by atoms with Gasteiger partial charge in [-0.2, -0.15) is 26.3 Å². The van der Waals surface area contributed by atoms with E-state index >= 15 is 0 Å². The van der Waals surface area contributed by atoms with Crippen molar-refractivity contribution in [1.29, 1.82) is 0 Å². The maximum Gasteiger partial charge on any atom is 0.471 e. The minimum Gasteiger partial charge on any atom is -0.326 e. The normalized spacial score (nSPS) is 17.4. The van der Waals surface area contributed by atoms with E-state index in [1.165, 1.54) is 0 Å². The van der Waals surface area contributed by atoms with Crippen molar-refractivity contribution in [3.8, 4) is 0 Å². The van der Waals surface area contributed by atoms with Gasteiger partial charge >= 0.3 is 18.3 Å². The maximum absolute atomic E-state index is 14.6. The van der Waals surface area contributed by atoms with Gasteiger partial charge in [0.15, 0.2) is 0 Å². The number of halogens is 13. The van der Waals surface area contributed by atoms with Gasteiger partial charge < -0.3 is 16.0 Å². The van der Waals surface area contributed by atoms with E-state index in [4.69, 9.17) is 34.8 Å². The Morgan fingerprint density at radius 2 is 1.33 bits per heavy atom. The fraction of sp³-hybridized carbons (Fsp3) is 0.192. The number of carbonyl (C=O) groups excluding carboxylic acids is 3. The number of benzene rings is 3. The van der Waals surface area contributed by atoms with E-state index in [2.05, 4.69) is 5.32 Å². The Morgan fingerprint density at radius 1 is 0.733 bits per heavy atom. The third-order valence-corrected chi connectivity index (χ3v) is 7.67. The van der Waals surface area contributed by atoms with Gasteiger partial charge in [-0.1, -0.05) is 17.7 Å². The minimum absolute atomic E-state index is 0.0375. The Labute approximate surface area is 259 Å². The molecule has 0 unspecified atom stereocenters. The van der Waals surface area contributed by atoms with E-state index < -0.39 is 103 Å². The molecule has 240 valence electrons. The zero-order valence-corrected chi connectivity index (χ0v) is 23.6. The molecule has 0 heterocycles. The lowest BCUT2D eigenvalue weighted by atomic mass is 10.0. The Balaban J connectivity index is 1.56. The highest BCUT2D eigenvalue weighted by molar-refractivity contribution is 6.53. The zero-order chi connectivity index (χ0) is 33.8. The van der Waals surface area contributed by atoms with E-state index in [0.717, 1.165) is 17.4 Å². The molecule has 0 bridgehead atoms. The van der Waals surface area contributed by atoms with Crippen LogP contribution in [0.1, 0.15) is 27.4 Å². The highest BCUT2D eigenvalue weighted by atomic mass is 35.5. The topological polar surface area (TPSA) is 87.3 Å². The number of amides is 3. The molecular formula is C26H12Cl3F10N3O3. The van der Waals surface area contributed by atoms with Crippen LogP contribution >= 0.6 is 34.8 Å². The zero-order valence-electron chi connectivity index (χ0n) is 21.3. The monoisotopic (exact) mass is 709 g/mol. The number of hydrogen-bond donors (Lipinski definition) is 3. The van der Waals surface area contributed by atoms with Crippen LogP contribution in [0.25, 0.3) is 0 Å². The molecule has 2 atom stereocenters. The third kappa shape index (κ3) is 7.07. The first kappa shape index (κ1) is 34.1. The molecule has 1 fully saturated rings. The molecule has 6 nitrogen and oxygen atoms in total. The highest BCUT2D eigenvalue weighted by Gasteiger charge is 2.67. The summed E-state index contributed by atoms with van der Waals surface area (Å²) >= 11 is 18.1. The Morgan fingerprint density at radius 3 is 1.91 bits per heavy atom. The Bertz CT molecular complexity index is 1730. The molecule has 3 aromatic rings. The van der Waals surface area contributed by atoms with Gasteiger partial charge in [0.25, 0.3) is 5.91 Å². The molecule has 1 aliphatic rings. The first-order chi connectivity index (χ1) is 20.6. The van der Waals surface area contributed by atoms with Crippen molar-refractivity contribution in [2.75, 3.05) is 16.0 Å². The molecular weight excluding hydrogens is 699 g/mol. The summed E-state index contributed by atoms with van der Waals surface area (Å²) in [6.07, 6.45) is -10.5. The number of nitrogens with one attached hydrogen (secondary N) is 3. The van der Waals surface area contributed by atoms with Crippen LogP contribution < -0.4 is 16.0 Å². The van der Waals surface area contributed by atoms with Gasteiger partial charge in [0.05, 0.1) is 33.4 Å². The molecule has 0 saturated heterocycles. The third-order valence-electron chi connectivity index (χ3n) is 6.34. The van der Waals surface area contributed by atoms with Crippen molar-refractivity contribution in [3.05, 3.63) is 87.4 Å². The van der Waals surface area contributed by atoms with Crippen LogP contribution in [0.3, 0.4) is 0 Å². The summed E-state index contributed by atoms with van der Waals surface area (Å²) in [7, 11) is 0. The summed E-state index contributed by atoms with van der Waals surface area (Å²) in [5.41, 5.74) is -5.33. The SMILES string of the molecule is O=C(Nc1cc(NC(=O)C(F)(F)F)c(F)cc1F)c1cc(NC(=O)[C@H]2[C@H](c3ccc(F)c(C(F)(F)F)c3)C2(Cl)Cl)cc(F)c1Cl. The molecule has 3 amide bonds. The van der Waals surface area contributed by atoms with E-state index in [1.807, 2.05) is 5.32 Å². The lowest BCUT2D eigenvalue weighted by Gasteiger charge is -2.14. The highest BCUT2D eigenvalue weighted by Crippen LogP contribution is 2.65. The van der Waals surface area contributed by atoms with Crippen molar-refractivity contribution in [1.82, 2.24) is 0 Å². The molecule has 0 spiro atoms. The van der Waals surface area contributed by atoms with E-state index in [9.17, 15) is 58.3 Å². The summed E-state index contributed by atoms with van der Waals surface area (Å²) in [4.78, 5) is 36.9. The van der Waals surface area contributed by atoms with Crippen LogP contribution in [0, 0.1) is 29.2 Å². The number of rotatable bonds is 6. The molecule has 3 N–H and O–H groups in total. The summed E-state index contributed by atoms with van der Waals surface area (Å²) in [5.74, 6) is -13.9. The lowest BCUT2D eigenvalue weighted by molar-refractivity contribution is -0.167. The predicted octanol–water partition coefficient (Wildman–Crippen LogP) is 8.19. The van der Waals surface area contributed by atoms with Crippen LogP contribution in [0.5, 0.6) is 0 Å². The molecule has 0 radical (unpaired) electrons. The van der Waals surface area contributed by atoms with Gasteiger partial charge in [-0.25, -0.2) is 17.6 Å². The van der Waals surface area contributed by atoms with E-state index in [-0.39, 0.29) is 11.6 Å². The molecule has 3 aromatic carbocycles. The predicted molar refractivity (Wildman–Crippen MR) is 141 cm³/mol. The Kier molecular flexibility index (Phi) is 9.00. The first-order valence-corrected chi connectivity index (χ1v) is 13.0. The molecule has 1 aliphatic carbocycles. The van der Waals surface area contributed by atoms with Crippen molar-refractivity contribution in [3.63, 3.8) is 0 Å². The second-order valence-corrected chi connectivity index (χ2v) is 11.2. The smallest absolute Gasteiger partial charge is 0.326 e. The molecule has 19 heteroatoms. The number of anilines is 3. The standard InChI is InChI=1S/C26H12Cl3F10N3O3/c27-20-10(21(43)41-16-7-17(14(32)6-13(16)31)42-23(45)26(37,38)39)4-9(5-15(20)33)40-22(44)19-18(24(19,28)29)8-1-2-12(30)11(3-8)25(34,35)36/h1-7,18-19H,(H,40,44)(H,41,43)(H,42,45)/t18-,19+/m0/s1. The quantitative estimate of drug-likeness (QED) is 0.178. The number of hydrogen-bond acceptors (Lipinski definition) is 3. The molecule has 1 saturated carbocycles. The average molecular weight is 711 g/mol. The van der Waals surface area contributed by atoms with Crippen LogP contribution in [-0.2, 0) is 15.8 Å². The number of carbonyl (C=O) groups is 3. The van der Waals surface area contributed by atoms with Crippen LogP contribution in [0.15, 0.2) is 42.5 Å². The van der Waals surface area contributed by atoms with Gasteiger partial charge in [0, 0.05) is 17.7 Å². The van der Waals surface area contributed by atoms with Gasteiger partial charge in [-0.05, 0) is 35.9 Å². The van der Waals surface area contributed by atoms with Gasteiger partial charge in [-0.15, -0.1) is 23.2 Å². The first-order valence-electron chi connectivity index (χ1n) is 11.9. The van der Waals surface area contributed by atoms with Gasteiger partial charge in [-0.3, -0.25) is 14.4 Å². The van der Waals surface area contributed by atoms with Crippen molar-refractivity contribution < 1.29 is 58.3 Å². The van der Waals surface area contributed by atoms with Crippen LogP contribution in [-0.4, -0.2) is 28.2 Å². The summed E-state index contributed by atoms with van der Waals surface area (Å²) in [6, 6.07) is 3.57. The summed E-state index contributed by atoms with van der Waals surface area (Å²) in [6.45, 7) is 0. The molecule has 45 heavy (non-hydrogen) atoms. The van der Waals surface area contributed by atoms with Crippen LogP contribution in [0.2, 0.25) is 5.02 Å². The summed E-state index contributed by atoms with van der Waals surface area (Å²) in [5, 5.41) is 4.21. The van der Waals surface area contributed by atoms with Crippen molar-refractivity contribution in [2.45, 2.75) is 22.6 Å². The van der Waals surface area contributed by atoms with Crippen molar-refractivity contribution in [2.24, 2.45) is 5.92 Å². The molecule has 4 rings (SSSR count). The van der Waals surface area contributed by atoms with E-state index in [1.54, 1.807) is 0 Å². The second-order valence-electron chi connectivity index (χ2n) is 9.39. The van der Waals surface area contributed by atoms with Crippen molar-refractivity contribution >= 4 is 69.6 Å². The lowest BCUT2D eigenvalue weighted by Crippen LogP contribution is -2.30. The molecule has 0 aliphatic heterocycles. The fourth-order valence-corrected chi connectivity index (χ4v) is 5.21. The van der Waals surface area contributed by atoms with Gasteiger partial charge in [0.2, 0.25) is 5.91 Å². The summed E-state index contributed by atoms with van der Waals surface area (Å²) < 4.78 is 132. The largest absolute Gasteiger partial charge is 0.471 e. The van der Waals surface area contributed by atoms with Crippen LogP contribution in [0.4, 0.5) is 61.0 Å². The minimum atomic E-state index is -5.45. The van der Waals surface area contributed by atoms with E-state index in [0.29, 0.717) is 24.3 Å².